The highest BCUT2D eigenvalue weighted by Crippen LogP contribution is 2.36. The summed E-state index contributed by atoms with van der Waals surface area (Å²) in [4.78, 5) is 2.28. The highest BCUT2D eigenvalue weighted by atomic mass is 19.1. The van der Waals surface area contributed by atoms with Gasteiger partial charge >= 0.3 is 0 Å². The number of hydrogen-bond acceptors (Lipinski definition) is 2. The van der Waals surface area contributed by atoms with E-state index in [0.29, 0.717) is 12.0 Å². The summed E-state index contributed by atoms with van der Waals surface area (Å²) in [6.07, 6.45) is 4.20. The topological polar surface area (TPSA) is 29.3 Å². The lowest BCUT2D eigenvalue weighted by Gasteiger charge is -2.29. The average molecular weight is 278 g/mol. The molecule has 0 bridgehead atoms. The van der Waals surface area contributed by atoms with E-state index in [1.165, 1.54) is 12.8 Å². The molecule has 0 aliphatic heterocycles. The van der Waals surface area contributed by atoms with Gasteiger partial charge in [0.1, 0.15) is 5.82 Å². The van der Waals surface area contributed by atoms with Crippen LogP contribution in [0.5, 0.6) is 0 Å². The third kappa shape index (κ3) is 3.95. The van der Waals surface area contributed by atoms with Crippen molar-refractivity contribution in [2.45, 2.75) is 58.5 Å². The van der Waals surface area contributed by atoms with Gasteiger partial charge in [-0.15, -0.1) is 0 Å². The van der Waals surface area contributed by atoms with Gasteiger partial charge in [0.05, 0.1) is 5.69 Å². The molecule has 1 saturated carbocycles. The molecule has 1 aliphatic carbocycles. The van der Waals surface area contributed by atoms with Crippen LogP contribution in [0.3, 0.4) is 0 Å². The van der Waals surface area contributed by atoms with E-state index in [9.17, 15) is 4.39 Å². The van der Waals surface area contributed by atoms with Crippen LogP contribution >= 0.6 is 0 Å². The Bertz CT molecular complexity index is 439. The molecule has 1 aromatic rings. The Labute approximate surface area is 122 Å². The van der Waals surface area contributed by atoms with Crippen molar-refractivity contribution in [3.63, 3.8) is 0 Å². The maximum atomic E-state index is 14.4. The van der Waals surface area contributed by atoms with Crippen molar-refractivity contribution < 1.29 is 4.39 Å². The fourth-order valence-corrected chi connectivity index (χ4v) is 2.65. The normalized spacial score (nSPS) is 16.5. The quantitative estimate of drug-likeness (QED) is 0.823. The van der Waals surface area contributed by atoms with Gasteiger partial charge < -0.3 is 10.6 Å². The Morgan fingerprint density at radius 1 is 1.30 bits per heavy atom. The van der Waals surface area contributed by atoms with Gasteiger partial charge in [-0.2, -0.15) is 0 Å². The van der Waals surface area contributed by atoms with Gasteiger partial charge in [0.15, 0.2) is 0 Å². The van der Waals surface area contributed by atoms with Gasteiger partial charge in [0.25, 0.3) is 0 Å². The molecule has 1 unspecified atom stereocenters. The number of nitrogens with two attached hydrogens (primary N) is 1. The fraction of sp³-hybridized carbons (Fsp3) is 0.647. The number of hydrogen-bond donors (Lipinski definition) is 1. The Balaban J connectivity index is 2.26. The number of halogens is 1. The van der Waals surface area contributed by atoms with Crippen LogP contribution in [0.15, 0.2) is 18.2 Å². The summed E-state index contributed by atoms with van der Waals surface area (Å²) in [6.45, 7) is 7.35. The zero-order valence-electron chi connectivity index (χ0n) is 12.9. The maximum Gasteiger partial charge on any atom is 0.146 e. The maximum absolute atomic E-state index is 14.4. The Hall–Kier alpha value is -1.09. The lowest BCUT2D eigenvalue weighted by molar-refractivity contribution is 0.556. The second kappa shape index (κ2) is 6.57. The molecule has 0 amide bonds. The smallest absolute Gasteiger partial charge is 0.146 e. The summed E-state index contributed by atoms with van der Waals surface area (Å²) in [7, 11) is 0. The fourth-order valence-electron chi connectivity index (χ4n) is 2.65. The molecule has 0 heterocycles. The van der Waals surface area contributed by atoms with Crippen LogP contribution in [0.25, 0.3) is 0 Å². The van der Waals surface area contributed by atoms with Crippen molar-refractivity contribution in [3.8, 4) is 0 Å². The summed E-state index contributed by atoms with van der Waals surface area (Å²) in [5.74, 6) is 0.540. The summed E-state index contributed by atoms with van der Waals surface area (Å²) in [5.41, 5.74) is 7.77. The summed E-state index contributed by atoms with van der Waals surface area (Å²) < 4.78 is 14.4. The molecule has 112 valence electrons. The van der Waals surface area contributed by atoms with Crippen molar-refractivity contribution in [1.82, 2.24) is 0 Å². The average Bonchev–Trinajstić information content (AvgIpc) is 3.15. The molecule has 0 spiro atoms. The van der Waals surface area contributed by atoms with E-state index >= 15 is 0 Å². The molecule has 0 radical (unpaired) electrons. The molecule has 1 fully saturated rings. The number of benzene rings is 1. The summed E-state index contributed by atoms with van der Waals surface area (Å²) in [5, 5.41) is 0. The van der Waals surface area contributed by atoms with E-state index in [0.717, 1.165) is 30.6 Å². The highest BCUT2D eigenvalue weighted by Gasteiger charge is 2.31. The molecule has 1 aromatic carbocycles. The number of anilines is 1. The minimum absolute atomic E-state index is 0.0571. The third-order valence-corrected chi connectivity index (χ3v) is 3.83. The minimum atomic E-state index is -0.0983. The number of para-hydroxylation sites is 1. The van der Waals surface area contributed by atoms with Crippen LogP contribution in [0, 0.1) is 11.7 Å². The van der Waals surface area contributed by atoms with Crippen LogP contribution in [-0.2, 0) is 6.42 Å². The first-order chi connectivity index (χ1) is 9.49. The molecule has 0 saturated heterocycles. The Kier molecular flexibility index (Phi) is 5.03. The van der Waals surface area contributed by atoms with Gasteiger partial charge in [-0.1, -0.05) is 26.0 Å². The molecule has 1 atom stereocenters. The van der Waals surface area contributed by atoms with Crippen LogP contribution in [-0.4, -0.2) is 18.6 Å². The zero-order chi connectivity index (χ0) is 14.7. The van der Waals surface area contributed by atoms with E-state index in [2.05, 4.69) is 18.7 Å². The molecule has 1 aliphatic rings. The molecule has 2 N–H and O–H groups in total. The lowest BCUT2D eigenvalue weighted by Crippen LogP contribution is -2.30. The van der Waals surface area contributed by atoms with E-state index in [1.54, 1.807) is 12.1 Å². The van der Waals surface area contributed by atoms with Crippen molar-refractivity contribution in [2.24, 2.45) is 11.7 Å². The van der Waals surface area contributed by atoms with Crippen molar-refractivity contribution >= 4 is 5.69 Å². The second-order valence-electron chi connectivity index (χ2n) is 6.54. The van der Waals surface area contributed by atoms with Gasteiger partial charge in [0.2, 0.25) is 0 Å². The molecule has 0 aromatic heterocycles. The second-order valence-corrected chi connectivity index (χ2v) is 6.54. The standard InChI is InChI=1S/C17H27FN2/c1-12(2)9-10-20(15-7-8-15)17-14(11-13(3)19)5-4-6-16(17)18/h4-6,12-13,15H,7-11,19H2,1-3H3. The Morgan fingerprint density at radius 3 is 2.55 bits per heavy atom. The van der Waals surface area contributed by atoms with Crippen LogP contribution in [0.1, 0.15) is 45.6 Å². The number of nitrogens with zero attached hydrogens (tertiary/aromatic N) is 1. The number of rotatable bonds is 7. The van der Waals surface area contributed by atoms with Crippen molar-refractivity contribution in [1.29, 1.82) is 0 Å². The third-order valence-electron chi connectivity index (χ3n) is 3.83. The van der Waals surface area contributed by atoms with Gasteiger partial charge in [-0.25, -0.2) is 4.39 Å². The first-order valence-corrected chi connectivity index (χ1v) is 7.78. The van der Waals surface area contributed by atoms with E-state index < -0.39 is 0 Å². The molecular weight excluding hydrogens is 251 g/mol. The minimum Gasteiger partial charge on any atom is -0.366 e. The predicted octanol–water partition coefficient (Wildman–Crippen LogP) is 3.73. The van der Waals surface area contributed by atoms with Crippen molar-refractivity contribution in [3.05, 3.63) is 29.6 Å². The summed E-state index contributed by atoms with van der Waals surface area (Å²) >= 11 is 0. The van der Waals surface area contributed by atoms with Gasteiger partial charge in [0, 0.05) is 18.6 Å². The van der Waals surface area contributed by atoms with E-state index in [4.69, 9.17) is 5.73 Å². The van der Waals surface area contributed by atoms with Crippen LogP contribution < -0.4 is 10.6 Å². The molecule has 2 nitrogen and oxygen atoms in total. The van der Waals surface area contributed by atoms with Crippen molar-refractivity contribution in [2.75, 3.05) is 11.4 Å². The molecular formula is C17H27FN2. The largest absolute Gasteiger partial charge is 0.366 e. The van der Waals surface area contributed by atoms with E-state index in [1.807, 2.05) is 13.0 Å². The summed E-state index contributed by atoms with van der Waals surface area (Å²) in [6, 6.07) is 5.97. The van der Waals surface area contributed by atoms with Gasteiger partial charge in [-0.05, 0) is 50.2 Å². The van der Waals surface area contributed by atoms with Gasteiger partial charge in [-0.3, -0.25) is 0 Å². The highest BCUT2D eigenvalue weighted by molar-refractivity contribution is 5.57. The molecule has 3 heteroatoms. The first-order valence-electron chi connectivity index (χ1n) is 7.78. The monoisotopic (exact) mass is 278 g/mol. The lowest BCUT2D eigenvalue weighted by atomic mass is 10.0. The molecule has 20 heavy (non-hydrogen) atoms. The zero-order valence-corrected chi connectivity index (χ0v) is 12.9. The SMILES string of the molecule is CC(C)CCN(c1c(F)cccc1CC(C)N)C1CC1. The molecule has 2 rings (SSSR count). The Morgan fingerprint density at radius 2 is 2.00 bits per heavy atom. The van der Waals surface area contributed by atoms with E-state index in [-0.39, 0.29) is 11.9 Å². The first kappa shape index (κ1) is 15.3. The van der Waals surface area contributed by atoms with Crippen LogP contribution in [0.4, 0.5) is 10.1 Å². The predicted molar refractivity (Wildman–Crippen MR) is 83.6 cm³/mol. The van der Waals surface area contributed by atoms with Crippen LogP contribution in [0.2, 0.25) is 0 Å².